The molecule has 7 heteroatoms. The minimum absolute atomic E-state index is 0.0735. The predicted molar refractivity (Wildman–Crippen MR) is 118 cm³/mol. The zero-order valence-corrected chi connectivity index (χ0v) is 19.2. The van der Waals surface area contributed by atoms with Gasteiger partial charge in [-0.1, -0.05) is 18.2 Å². The fraction of sp³-hybridized carbons (Fsp3) is 0.640. The van der Waals surface area contributed by atoms with E-state index in [1.54, 1.807) is 7.11 Å². The van der Waals surface area contributed by atoms with Crippen molar-refractivity contribution in [3.63, 3.8) is 0 Å². The number of ether oxygens (including phenoxy) is 5. The third-order valence-electron chi connectivity index (χ3n) is 7.76. The molecule has 2 bridgehead atoms. The molecule has 5 atom stereocenters. The Morgan fingerprint density at radius 2 is 2.12 bits per heavy atom. The van der Waals surface area contributed by atoms with E-state index in [1.165, 1.54) is 18.2 Å². The first-order valence-corrected chi connectivity index (χ1v) is 11.6. The number of rotatable bonds is 9. The molecule has 2 heterocycles. The molecule has 174 valence electrons. The van der Waals surface area contributed by atoms with E-state index in [0.29, 0.717) is 25.0 Å². The molecule has 1 spiro atoms. The number of carbonyl (C=O) groups excluding carboxylic acids is 1. The Kier molecular flexibility index (Phi) is 5.90. The largest absolute Gasteiger partial charge is 0.482 e. The average molecular weight is 444 g/mol. The number of methoxy groups -OCH3 is 2. The molecule has 0 aromatic heterocycles. The van der Waals surface area contributed by atoms with Crippen LogP contribution in [0.25, 0.3) is 0 Å². The van der Waals surface area contributed by atoms with Crippen LogP contribution in [0.1, 0.15) is 36.8 Å². The van der Waals surface area contributed by atoms with Gasteiger partial charge in [0.1, 0.15) is 12.2 Å². The molecule has 0 amide bonds. The highest BCUT2D eigenvalue weighted by atomic mass is 16.7. The van der Waals surface area contributed by atoms with E-state index in [0.717, 1.165) is 43.7 Å². The van der Waals surface area contributed by atoms with Crippen molar-refractivity contribution in [2.24, 2.45) is 5.92 Å². The first-order valence-electron chi connectivity index (χ1n) is 11.6. The molecule has 32 heavy (non-hydrogen) atoms. The molecule has 0 saturated carbocycles. The van der Waals surface area contributed by atoms with Gasteiger partial charge in [0.25, 0.3) is 0 Å². The SMILES string of the molecule is COCOc1ccc2c3c1O[C@H]1[C@@H](OCCCCC(=O)OC)C=C[C@H]4[C@@H](C2)N(C)CC[C@@]341. The Hall–Kier alpha value is -2.09. The Morgan fingerprint density at radius 3 is 2.94 bits per heavy atom. The number of likely N-dealkylation sites (tertiary alicyclic amines) is 1. The highest BCUT2D eigenvalue weighted by molar-refractivity contribution is 5.69. The molecule has 1 aromatic rings. The molecular weight excluding hydrogens is 410 g/mol. The van der Waals surface area contributed by atoms with E-state index >= 15 is 0 Å². The van der Waals surface area contributed by atoms with Gasteiger partial charge < -0.3 is 28.6 Å². The zero-order chi connectivity index (χ0) is 22.3. The molecule has 0 unspecified atom stereocenters. The number of hydrogen-bond donors (Lipinski definition) is 0. The second-order valence-corrected chi connectivity index (χ2v) is 9.34. The number of piperidine rings is 1. The first kappa shape index (κ1) is 21.7. The Balaban J connectivity index is 1.42. The monoisotopic (exact) mass is 443 g/mol. The summed E-state index contributed by atoms with van der Waals surface area (Å²) in [6.45, 7) is 1.83. The molecule has 5 rings (SSSR count). The highest BCUT2D eigenvalue weighted by Gasteiger charge is 2.64. The van der Waals surface area contributed by atoms with E-state index < -0.39 is 0 Å². The van der Waals surface area contributed by atoms with Gasteiger partial charge >= 0.3 is 5.97 Å². The number of unbranched alkanes of at least 4 members (excludes halogenated alkanes) is 1. The Bertz CT molecular complexity index is 901. The predicted octanol–water partition coefficient (Wildman–Crippen LogP) is 2.84. The summed E-state index contributed by atoms with van der Waals surface area (Å²) in [7, 11) is 5.29. The lowest BCUT2D eigenvalue weighted by Crippen LogP contribution is -2.65. The quantitative estimate of drug-likeness (QED) is 0.252. The normalized spacial score (nSPS) is 31.7. The third kappa shape index (κ3) is 3.33. The maximum Gasteiger partial charge on any atom is 0.305 e. The van der Waals surface area contributed by atoms with Crippen molar-refractivity contribution in [2.75, 3.05) is 41.2 Å². The van der Waals surface area contributed by atoms with Gasteiger partial charge in [0.05, 0.1) is 7.11 Å². The van der Waals surface area contributed by atoms with Crippen LogP contribution < -0.4 is 9.47 Å². The lowest BCUT2D eigenvalue weighted by atomic mass is 9.53. The average Bonchev–Trinajstić information content (AvgIpc) is 3.16. The van der Waals surface area contributed by atoms with E-state index in [2.05, 4.69) is 30.2 Å². The second-order valence-electron chi connectivity index (χ2n) is 9.34. The molecule has 2 aliphatic heterocycles. The Morgan fingerprint density at radius 1 is 1.25 bits per heavy atom. The number of carbonyl (C=O) groups is 1. The van der Waals surface area contributed by atoms with Gasteiger partial charge in [0.2, 0.25) is 0 Å². The molecule has 1 fully saturated rings. The van der Waals surface area contributed by atoms with E-state index in [1.807, 2.05) is 6.07 Å². The smallest absolute Gasteiger partial charge is 0.305 e. The van der Waals surface area contributed by atoms with Gasteiger partial charge in [-0.05, 0) is 50.9 Å². The fourth-order valence-electron chi connectivity index (χ4n) is 6.28. The number of benzene rings is 1. The molecule has 0 radical (unpaired) electrons. The van der Waals surface area contributed by atoms with Crippen molar-refractivity contribution in [3.8, 4) is 11.5 Å². The van der Waals surface area contributed by atoms with Crippen molar-refractivity contribution in [3.05, 3.63) is 35.4 Å². The first-order chi connectivity index (χ1) is 15.6. The van der Waals surface area contributed by atoms with Gasteiger partial charge in [-0.2, -0.15) is 0 Å². The standard InChI is InChI=1S/C25H33NO6/c1-26-12-11-25-17-8-10-20(30-13-5-4-6-21(27)29-3)24(25)32-23-19(31-15-28-2)9-7-16(22(23)25)14-18(17)26/h7-10,17-18,20,24H,4-6,11-15H2,1-3H3/t17-,18+,20-,24-,25-/m0/s1. The zero-order valence-electron chi connectivity index (χ0n) is 19.2. The van der Waals surface area contributed by atoms with Crippen molar-refractivity contribution in [1.29, 1.82) is 0 Å². The topological polar surface area (TPSA) is 66.5 Å². The van der Waals surface area contributed by atoms with Gasteiger partial charge in [0.15, 0.2) is 18.3 Å². The number of hydrogen-bond acceptors (Lipinski definition) is 7. The third-order valence-corrected chi connectivity index (χ3v) is 7.76. The minimum Gasteiger partial charge on any atom is -0.482 e. The molecule has 4 aliphatic rings. The van der Waals surface area contributed by atoms with Gasteiger partial charge in [-0.15, -0.1) is 0 Å². The van der Waals surface area contributed by atoms with Crippen LogP contribution >= 0.6 is 0 Å². The lowest BCUT2D eigenvalue weighted by Gasteiger charge is -2.56. The summed E-state index contributed by atoms with van der Waals surface area (Å²) < 4.78 is 28.8. The van der Waals surface area contributed by atoms with E-state index in [4.69, 9.17) is 23.7 Å². The lowest BCUT2D eigenvalue weighted by molar-refractivity contribution is -0.140. The number of esters is 1. The highest BCUT2D eigenvalue weighted by Crippen LogP contribution is 2.62. The molecule has 1 aromatic carbocycles. The fourth-order valence-corrected chi connectivity index (χ4v) is 6.28. The van der Waals surface area contributed by atoms with Crippen LogP contribution in [-0.2, 0) is 30.8 Å². The molecular formula is C25H33NO6. The van der Waals surface area contributed by atoms with Gasteiger partial charge in [-0.25, -0.2) is 0 Å². The minimum atomic E-state index is -0.172. The van der Waals surface area contributed by atoms with Gasteiger partial charge in [0, 0.05) is 43.1 Å². The van der Waals surface area contributed by atoms with Crippen LogP contribution in [-0.4, -0.2) is 70.3 Å². The summed E-state index contributed by atoms with van der Waals surface area (Å²) in [5.41, 5.74) is 2.61. The molecule has 1 saturated heterocycles. The maximum atomic E-state index is 11.4. The second kappa shape index (κ2) is 8.69. The van der Waals surface area contributed by atoms with Crippen molar-refractivity contribution >= 4 is 5.97 Å². The molecule has 7 nitrogen and oxygen atoms in total. The van der Waals surface area contributed by atoms with Gasteiger partial charge in [-0.3, -0.25) is 4.79 Å². The molecule has 2 aliphatic carbocycles. The summed E-state index contributed by atoms with van der Waals surface area (Å²) in [4.78, 5) is 13.9. The summed E-state index contributed by atoms with van der Waals surface area (Å²) in [5, 5.41) is 0. The van der Waals surface area contributed by atoms with Crippen LogP contribution in [0.5, 0.6) is 11.5 Å². The van der Waals surface area contributed by atoms with Crippen molar-refractivity contribution < 1.29 is 28.5 Å². The summed E-state index contributed by atoms with van der Waals surface area (Å²) in [5.74, 6) is 1.86. The Labute approximate surface area is 189 Å². The molecule has 0 N–H and O–H groups in total. The number of likely N-dealkylation sites (N-methyl/N-ethyl adjacent to an activating group) is 1. The van der Waals surface area contributed by atoms with E-state index in [-0.39, 0.29) is 30.4 Å². The maximum absolute atomic E-state index is 11.4. The number of nitrogens with zero attached hydrogens (tertiary/aromatic N) is 1. The van der Waals surface area contributed by atoms with Crippen LogP contribution in [0, 0.1) is 5.92 Å². The summed E-state index contributed by atoms with van der Waals surface area (Å²) in [6.07, 6.45) is 8.44. The summed E-state index contributed by atoms with van der Waals surface area (Å²) >= 11 is 0. The summed E-state index contributed by atoms with van der Waals surface area (Å²) in [6, 6.07) is 4.70. The van der Waals surface area contributed by atoms with Crippen LogP contribution in [0.4, 0.5) is 0 Å². The van der Waals surface area contributed by atoms with Crippen LogP contribution in [0.15, 0.2) is 24.3 Å². The van der Waals surface area contributed by atoms with Crippen LogP contribution in [0.2, 0.25) is 0 Å². The van der Waals surface area contributed by atoms with E-state index in [9.17, 15) is 4.79 Å². The van der Waals surface area contributed by atoms with Crippen molar-refractivity contribution in [2.45, 2.75) is 55.8 Å². The van der Waals surface area contributed by atoms with Crippen molar-refractivity contribution in [1.82, 2.24) is 4.90 Å². The van der Waals surface area contributed by atoms with Crippen LogP contribution in [0.3, 0.4) is 0 Å².